The van der Waals surface area contributed by atoms with E-state index in [2.05, 4.69) is 22.8 Å². The van der Waals surface area contributed by atoms with Gasteiger partial charge >= 0.3 is 0 Å². The van der Waals surface area contributed by atoms with Gasteiger partial charge in [-0.15, -0.1) is 0 Å². The van der Waals surface area contributed by atoms with Crippen LogP contribution in [-0.2, 0) is 11.2 Å². The van der Waals surface area contributed by atoms with Crippen molar-refractivity contribution in [1.82, 2.24) is 10.6 Å². The van der Waals surface area contributed by atoms with Crippen LogP contribution in [0.2, 0.25) is 0 Å². The number of carbonyl (C=O) groups is 1. The van der Waals surface area contributed by atoms with Crippen molar-refractivity contribution in [3.8, 4) is 0 Å². The summed E-state index contributed by atoms with van der Waals surface area (Å²) in [5.74, 6) is 0.109. The predicted octanol–water partition coefficient (Wildman–Crippen LogP) is 1.34. The van der Waals surface area contributed by atoms with E-state index in [1.807, 2.05) is 32.2 Å². The molecule has 0 spiro atoms. The molecule has 2 N–H and O–H groups in total. The molecule has 0 saturated heterocycles. The van der Waals surface area contributed by atoms with Crippen LogP contribution in [0, 0.1) is 0 Å². The molecular formula is C13H20N2O. The van der Waals surface area contributed by atoms with E-state index in [0.717, 1.165) is 13.0 Å². The summed E-state index contributed by atoms with van der Waals surface area (Å²) in [5.41, 5.74) is 1.25. The van der Waals surface area contributed by atoms with Gasteiger partial charge in [0.25, 0.3) is 0 Å². The lowest BCUT2D eigenvalue weighted by molar-refractivity contribution is -0.121. The van der Waals surface area contributed by atoms with Crippen LogP contribution in [0.15, 0.2) is 30.3 Å². The first-order chi connectivity index (χ1) is 7.72. The van der Waals surface area contributed by atoms with E-state index < -0.39 is 0 Å². The minimum atomic E-state index is 0.109. The molecule has 0 fully saturated rings. The van der Waals surface area contributed by atoms with Gasteiger partial charge in [-0.3, -0.25) is 4.79 Å². The van der Waals surface area contributed by atoms with Crippen molar-refractivity contribution in [2.75, 3.05) is 13.6 Å². The van der Waals surface area contributed by atoms with Gasteiger partial charge in [-0.2, -0.15) is 0 Å². The lowest BCUT2D eigenvalue weighted by Crippen LogP contribution is -2.35. The highest BCUT2D eigenvalue weighted by Crippen LogP contribution is 2.02. The zero-order valence-corrected chi connectivity index (χ0v) is 9.99. The molecule has 88 valence electrons. The quantitative estimate of drug-likeness (QED) is 0.759. The molecule has 0 aliphatic rings. The van der Waals surface area contributed by atoms with Crippen molar-refractivity contribution in [2.45, 2.75) is 25.8 Å². The Kier molecular flexibility index (Phi) is 5.57. The van der Waals surface area contributed by atoms with E-state index in [-0.39, 0.29) is 11.9 Å². The fraction of sp³-hybridized carbons (Fsp3) is 0.462. The minimum Gasteiger partial charge on any atom is -0.353 e. The first-order valence-corrected chi connectivity index (χ1v) is 5.70. The molecule has 1 amide bonds. The minimum absolute atomic E-state index is 0.109. The third-order valence-electron chi connectivity index (χ3n) is 2.39. The Bertz CT molecular complexity index is 311. The molecule has 0 heterocycles. The van der Waals surface area contributed by atoms with Gasteiger partial charge in [-0.1, -0.05) is 30.3 Å². The average molecular weight is 220 g/mol. The van der Waals surface area contributed by atoms with Gasteiger partial charge in [-0.25, -0.2) is 0 Å². The SMILES string of the molecule is CNCCC(=O)NC(C)Cc1ccccc1. The highest BCUT2D eigenvalue weighted by atomic mass is 16.1. The van der Waals surface area contributed by atoms with E-state index in [1.54, 1.807) is 0 Å². The van der Waals surface area contributed by atoms with Crippen LogP contribution in [0.1, 0.15) is 18.9 Å². The van der Waals surface area contributed by atoms with Crippen molar-refractivity contribution in [3.63, 3.8) is 0 Å². The Balaban J connectivity index is 2.30. The topological polar surface area (TPSA) is 41.1 Å². The van der Waals surface area contributed by atoms with Gasteiger partial charge in [-0.05, 0) is 26.0 Å². The lowest BCUT2D eigenvalue weighted by Gasteiger charge is -2.13. The maximum absolute atomic E-state index is 11.5. The van der Waals surface area contributed by atoms with E-state index in [9.17, 15) is 4.79 Å². The number of carbonyl (C=O) groups excluding carboxylic acids is 1. The molecule has 1 aromatic rings. The Morgan fingerprint density at radius 3 is 2.62 bits per heavy atom. The first-order valence-electron chi connectivity index (χ1n) is 5.70. The molecule has 3 heteroatoms. The zero-order chi connectivity index (χ0) is 11.8. The van der Waals surface area contributed by atoms with Gasteiger partial charge < -0.3 is 10.6 Å². The van der Waals surface area contributed by atoms with Crippen LogP contribution in [0.3, 0.4) is 0 Å². The molecular weight excluding hydrogens is 200 g/mol. The highest BCUT2D eigenvalue weighted by Gasteiger charge is 2.07. The Hall–Kier alpha value is -1.35. The Morgan fingerprint density at radius 2 is 2.00 bits per heavy atom. The number of benzene rings is 1. The van der Waals surface area contributed by atoms with Gasteiger partial charge in [0.1, 0.15) is 0 Å². The predicted molar refractivity (Wildman–Crippen MR) is 66.3 cm³/mol. The summed E-state index contributed by atoms with van der Waals surface area (Å²) in [6.45, 7) is 2.76. The van der Waals surface area contributed by atoms with E-state index >= 15 is 0 Å². The van der Waals surface area contributed by atoms with Crippen LogP contribution in [-0.4, -0.2) is 25.5 Å². The fourth-order valence-electron chi connectivity index (χ4n) is 1.60. The number of amides is 1. The summed E-state index contributed by atoms with van der Waals surface area (Å²) in [5, 5.41) is 5.94. The van der Waals surface area contributed by atoms with Crippen molar-refractivity contribution >= 4 is 5.91 Å². The number of hydrogen-bond donors (Lipinski definition) is 2. The fourth-order valence-corrected chi connectivity index (χ4v) is 1.60. The van der Waals surface area contributed by atoms with Crippen molar-refractivity contribution in [2.24, 2.45) is 0 Å². The van der Waals surface area contributed by atoms with E-state index in [1.165, 1.54) is 5.56 Å². The molecule has 3 nitrogen and oxygen atoms in total. The molecule has 1 atom stereocenters. The summed E-state index contributed by atoms with van der Waals surface area (Å²) in [6.07, 6.45) is 1.42. The second-order valence-electron chi connectivity index (χ2n) is 4.01. The molecule has 0 saturated carbocycles. The molecule has 0 bridgehead atoms. The van der Waals surface area contributed by atoms with E-state index in [4.69, 9.17) is 0 Å². The highest BCUT2D eigenvalue weighted by molar-refractivity contribution is 5.76. The Morgan fingerprint density at radius 1 is 1.31 bits per heavy atom. The summed E-state index contributed by atoms with van der Waals surface area (Å²) < 4.78 is 0. The molecule has 1 rings (SSSR count). The second kappa shape index (κ2) is 7.01. The number of hydrogen-bond acceptors (Lipinski definition) is 2. The van der Waals surface area contributed by atoms with Gasteiger partial charge in [0.2, 0.25) is 5.91 Å². The van der Waals surface area contributed by atoms with E-state index in [0.29, 0.717) is 6.42 Å². The van der Waals surface area contributed by atoms with Crippen LogP contribution >= 0.6 is 0 Å². The average Bonchev–Trinajstić information content (AvgIpc) is 2.27. The summed E-state index contributed by atoms with van der Waals surface area (Å²) in [6, 6.07) is 10.4. The molecule has 0 aliphatic carbocycles. The summed E-state index contributed by atoms with van der Waals surface area (Å²) in [4.78, 5) is 11.5. The second-order valence-corrected chi connectivity index (χ2v) is 4.01. The van der Waals surface area contributed by atoms with Crippen molar-refractivity contribution in [3.05, 3.63) is 35.9 Å². The molecule has 0 aromatic heterocycles. The summed E-state index contributed by atoms with van der Waals surface area (Å²) in [7, 11) is 1.85. The smallest absolute Gasteiger partial charge is 0.221 e. The molecule has 1 aromatic carbocycles. The number of nitrogens with one attached hydrogen (secondary N) is 2. The van der Waals surface area contributed by atoms with Gasteiger partial charge in [0.05, 0.1) is 0 Å². The van der Waals surface area contributed by atoms with Gasteiger partial charge in [0.15, 0.2) is 0 Å². The van der Waals surface area contributed by atoms with Crippen molar-refractivity contribution < 1.29 is 4.79 Å². The standard InChI is InChI=1S/C13H20N2O/c1-11(15-13(16)8-9-14-2)10-12-6-4-3-5-7-12/h3-7,11,14H,8-10H2,1-2H3,(H,15,16). The maximum atomic E-state index is 11.5. The van der Waals surface area contributed by atoms with Crippen molar-refractivity contribution in [1.29, 1.82) is 0 Å². The molecule has 0 aliphatic heterocycles. The zero-order valence-electron chi connectivity index (χ0n) is 9.99. The monoisotopic (exact) mass is 220 g/mol. The van der Waals surface area contributed by atoms with Gasteiger partial charge in [0, 0.05) is 19.0 Å². The molecule has 0 radical (unpaired) electrons. The largest absolute Gasteiger partial charge is 0.353 e. The number of rotatable bonds is 6. The van der Waals surface area contributed by atoms with Crippen LogP contribution in [0.4, 0.5) is 0 Å². The third-order valence-corrected chi connectivity index (χ3v) is 2.39. The normalized spacial score (nSPS) is 12.1. The summed E-state index contributed by atoms with van der Waals surface area (Å²) >= 11 is 0. The van der Waals surface area contributed by atoms with Crippen LogP contribution in [0.25, 0.3) is 0 Å². The Labute approximate surface area is 97.2 Å². The first kappa shape index (κ1) is 12.7. The lowest BCUT2D eigenvalue weighted by atomic mass is 10.1. The van der Waals surface area contributed by atoms with Crippen LogP contribution < -0.4 is 10.6 Å². The molecule has 16 heavy (non-hydrogen) atoms. The third kappa shape index (κ3) is 4.94. The maximum Gasteiger partial charge on any atom is 0.221 e. The van der Waals surface area contributed by atoms with Crippen LogP contribution in [0.5, 0.6) is 0 Å². The molecule has 1 unspecified atom stereocenters.